The molecule has 0 atom stereocenters. The number of hydrogen-bond donors (Lipinski definition) is 2. The van der Waals surface area contributed by atoms with Crippen molar-refractivity contribution in [1.82, 2.24) is 4.98 Å². The van der Waals surface area contributed by atoms with Crippen molar-refractivity contribution in [2.24, 2.45) is 0 Å². The van der Waals surface area contributed by atoms with Gasteiger partial charge < -0.3 is 10.4 Å². The predicted octanol–water partition coefficient (Wildman–Crippen LogP) is 3.08. The second-order valence-electron chi connectivity index (χ2n) is 3.41. The van der Waals surface area contributed by atoms with Gasteiger partial charge >= 0.3 is 5.97 Å². The summed E-state index contributed by atoms with van der Waals surface area (Å²) >= 11 is 2.86. The lowest BCUT2D eigenvalue weighted by molar-refractivity contribution is 0.0702. The van der Waals surface area contributed by atoms with Crippen LogP contribution in [-0.4, -0.2) is 16.1 Å². The Labute approximate surface area is 107 Å². The number of hydrogen-bond acceptors (Lipinski definition) is 5. The molecule has 90 valence electrons. The molecule has 4 nitrogen and oxygen atoms in total. The van der Waals surface area contributed by atoms with Gasteiger partial charge in [-0.05, 0) is 23.4 Å². The number of nitrogens with one attached hydrogen (secondary N) is 1. The van der Waals surface area contributed by atoms with E-state index in [9.17, 15) is 4.79 Å². The minimum atomic E-state index is -0.930. The number of thiazole rings is 1. The fourth-order valence-corrected chi connectivity index (χ4v) is 3.01. The molecule has 2 N–H and O–H groups in total. The van der Waals surface area contributed by atoms with Crippen LogP contribution in [-0.2, 0) is 13.0 Å². The molecule has 0 aliphatic carbocycles. The third kappa shape index (κ3) is 2.83. The fraction of sp³-hybridized carbons (Fsp3) is 0.273. The van der Waals surface area contributed by atoms with E-state index in [0.717, 1.165) is 17.8 Å². The average molecular weight is 268 g/mol. The Bertz CT molecular complexity index is 519. The van der Waals surface area contributed by atoms with E-state index in [4.69, 9.17) is 5.11 Å². The normalized spacial score (nSPS) is 10.4. The summed E-state index contributed by atoms with van der Waals surface area (Å²) in [5.74, 6) is -0.930. The van der Waals surface area contributed by atoms with Crippen LogP contribution in [0.15, 0.2) is 17.6 Å². The maximum atomic E-state index is 10.7. The molecule has 6 heteroatoms. The van der Waals surface area contributed by atoms with Crippen molar-refractivity contribution < 1.29 is 9.90 Å². The van der Waals surface area contributed by atoms with Crippen molar-refractivity contribution in [3.63, 3.8) is 0 Å². The molecule has 2 aromatic heterocycles. The molecular weight excluding hydrogens is 256 g/mol. The number of carboxylic acids is 1. The van der Waals surface area contributed by atoms with E-state index in [0.29, 0.717) is 11.7 Å². The molecule has 0 aliphatic heterocycles. The molecule has 0 amide bonds. The van der Waals surface area contributed by atoms with Gasteiger partial charge in [0.2, 0.25) is 0 Å². The molecule has 0 saturated heterocycles. The highest BCUT2D eigenvalue weighted by molar-refractivity contribution is 7.17. The van der Waals surface area contributed by atoms with Gasteiger partial charge in [0.25, 0.3) is 0 Å². The van der Waals surface area contributed by atoms with Crippen molar-refractivity contribution in [1.29, 1.82) is 0 Å². The van der Waals surface area contributed by atoms with Gasteiger partial charge in [-0.15, -0.1) is 11.3 Å². The van der Waals surface area contributed by atoms with Crippen LogP contribution in [0.1, 0.15) is 27.0 Å². The molecule has 17 heavy (non-hydrogen) atoms. The summed E-state index contributed by atoms with van der Waals surface area (Å²) in [6, 6.07) is 2.12. The van der Waals surface area contributed by atoms with E-state index in [1.165, 1.54) is 16.6 Å². The number of carbonyl (C=O) groups is 1. The first-order valence-electron chi connectivity index (χ1n) is 5.19. The van der Waals surface area contributed by atoms with Gasteiger partial charge in [-0.3, -0.25) is 0 Å². The Kier molecular flexibility index (Phi) is 3.75. The van der Waals surface area contributed by atoms with Crippen LogP contribution in [0.3, 0.4) is 0 Å². The van der Waals surface area contributed by atoms with Crippen molar-refractivity contribution in [3.8, 4) is 0 Å². The number of aryl methyl sites for hydroxylation is 1. The van der Waals surface area contributed by atoms with Gasteiger partial charge in [-0.2, -0.15) is 0 Å². The van der Waals surface area contributed by atoms with Crippen molar-refractivity contribution in [3.05, 3.63) is 33.0 Å². The number of aromatic nitrogens is 1. The number of nitrogens with zero attached hydrogens (tertiary/aromatic N) is 1. The Balaban J connectivity index is 2.00. The number of aromatic carboxylic acids is 1. The molecular formula is C11H12N2O2S2. The van der Waals surface area contributed by atoms with Crippen LogP contribution < -0.4 is 5.32 Å². The quantitative estimate of drug-likeness (QED) is 0.874. The third-order valence-electron chi connectivity index (χ3n) is 2.34. The first kappa shape index (κ1) is 12.1. The highest BCUT2D eigenvalue weighted by Crippen LogP contribution is 2.22. The summed E-state index contributed by atoms with van der Waals surface area (Å²) in [6.07, 6.45) is 2.39. The summed E-state index contributed by atoms with van der Waals surface area (Å²) in [4.78, 5) is 16.3. The monoisotopic (exact) mass is 268 g/mol. The minimum absolute atomic E-state index is 0.259. The number of thiophene rings is 1. The second-order valence-corrected chi connectivity index (χ2v) is 5.44. The van der Waals surface area contributed by atoms with E-state index in [-0.39, 0.29) is 4.88 Å². The molecule has 0 radical (unpaired) electrons. The molecule has 0 unspecified atom stereocenters. The predicted molar refractivity (Wildman–Crippen MR) is 70.1 cm³/mol. The molecule has 0 saturated carbocycles. The van der Waals surface area contributed by atoms with Gasteiger partial charge in [0.15, 0.2) is 5.13 Å². The van der Waals surface area contributed by atoms with Gasteiger partial charge in [-0.25, -0.2) is 9.78 Å². The van der Waals surface area contributed by atoms with Gasteiger partial charge in [0.05, 0.1) is 12.7 Å². The number of anilines is 1. The third-order valence-corrected chi connectivity index (χ3v) is 4.24. The SMILES string of the molecule is CCc1ccsc1CNc1ncc(C(=O)O)s1. The van der Waals surface area contributed by atoms with Crippen molar-refractivity contribution >= 4 is 33.8 Å². The maximum absolute atomic E-state index is 10.7. The Morgan fingerprint density at radius 2 is 2.41 bits per heavy atom. The minimum Gasteiger partial charge on any atom is -0.477 e. The highest BCUT2D eigenvalue weighted by Gasteiger charge is 2.09. The van der Waals surface area contributed by atoms with Crippen LogP contribution in [0.5, 0.6) is 0 Å². The maximum Gasteiger partial charge on any atom is 0.347 e. The van der Waals surface area contributed by atoms with Crippen LogP contribution in [0.25, 0.3) is 0 Å². The lowest BCUT2D eigenvalue weighted by atomic mass is 10.2. The Morgan fingerprint density at radius 3 is 3.06 bits per heavy atom. The lowest BCUT2D eigenvalue weighted by Crippen LogP contribution is -1.98. The zero-order valence-electron chi connectivity index (χ0n) is 9.27. The molecule has 2 aromatic rings. The van der Waals surface area contributed by atoms with E-state index in [2.05, 4.69) is 28.7 Å². The van der Waals surface area contributed by atoms with E-state index in [1.807, 2.05) is 0 Å². The molecule has 0 fully saturated rings. The first-order valence-corrected chi connectivity index (χ1v) is 6.88. The molecule has 0 spiro atoms. The van der Waals surface area contributed by atoms with Crippen LogP contribution in [0.4, 0.5) is 5.13 Å². The molecule has 2 rings (SSSR count). The van der Waals surface area contributed by atoms with Crippen LogP contribution >= 0.6 is 22.7 Å². The van der Waals surface area contributed by atoms with Gasteiger partial charge in [0, 0.05) is 4.88 Å². The summed E-state index contributed by atoms with van der Waals surface area (Å²) in [7, 11) is 0. The van der Waals surface area contributed by atoms with E-state index < -0.39 is 5.97 Å². The lowest BCUT2D eigenvalue weighted by Gasteiger charge is -2.02. The van der Waals surface area contributed by atoms with Crippen molar-refractivity contribution in [2.75, 3.05) is 5.32 Å². The summed E-state index contributed by atoms with van der Waals surface area (Å²) in [5.41, 5.74) is 1.33. The Morgan fingerprint density at radius 1 is 1.59 bits per heavy atom. The van der Waals surface area contributed by atoms with Crippen LogP contribution in [0.2, 0.25) is 0 Å². The van der Waals surface area contributed by atoms with E-state index in [1.54, 1.807) is 11.3 Å². The van der Waals surface area contributed by atoms with Gasteiger partial charge in [-0.1, -0.05) is 18.3 Å². The highest BCUT2D eigenvalue weighted by atomic mass is 32.1. The number of rotatable bonds is 5. The fourth-order valence-electron chi connectivity index (χ4n) is 1.45. The molecule has 0 aromatic carbocycles. The largest absolute Gasteiger partial charge is 0.477 e. The summed E-state index contributed by atoms with van der Waals surface area (Å²) < 4.78 is 0. The van der Waals surface area contributed by atoms with Crippen LogP contribution in [0, 0.1) is 0 Å². The molecule has 0 aliphatic rings. The van der Waals surface area contributed by atoms with Gasteiger partial charge in [0.1, 0.15) is 4.88 Å². The zero-order valence-corrected chi connectivity index (χ0v) is 10.9. The summed E-state index contributed by atoms with van der Waals surface area (Å²) in [5, 5.41) is 14.6. The standard InChI is InChI=1S/C11H12N2O2S2/c1-2-7-3-4-16-8(7)5-12-11-13-6-9(17-11)10(14)15/h3-4,6H,2,5H2,1H3,(H,12,13)(H,14,15). The first-order chi connectivity index (χ1) is 8.20. The second kappa shape index (κ2) is 5.29. The molecule has 2 heterocycles. The van der Waals surface area contributed by atoms with E-state index >= 15 is 0 Å². The Hall–Kier alpha value is -1.40. The smallest absolute Gasteiger partial charge is 0.347 e. The summed E-state index contributed by atoms with van der Waals surface area (Å²) in [6.45, 7) is 2.82. The zero-order chi connectivity index (χ0) is 12.3. The number of carboxylic acid groups (broad SMARTS) is 1. The topological polar surface area (TPSA) is 62.2 Å². The molecule has 0 bridgehead atoms. The average Bonchev–Trinajstić information content (AvgIpc) is 2.95. The van der Waals surface area contributed by atoms with Crippen molar-refractivity contribution in [2.45, 2.75) is 19.9 Å².